The van der Waals surface area contributed by atoms with Crippen molar-refractivity contribution in [1.82, 2.24) is 34.6 Å². The Morgan fingerprint density at radius 1 is 1.20 bits per heavy atom. The number of anilines is 1. The molecule has 1 amide bonds. The molecule has 0 unspecified atom stereocenters. The highest BCUT2D eigenvalue weighted by Gasteiger charge is 2.32. The van der Waals surface area contributed by atoms with Crippen molar-refractivity contribution in [2.45, 2.75) is 52.1 Å². The van der Waals surface area contributed by atoms with E-state index in [9.17, 15) is 9.59 Å². The number of carbonyl (C=O) groups excluding carboxylic acids is 1. The Kier molecular flexibility index (Phi) is 7.37. The zero-order valence-electron chi connectivity index (χ0n) is 23.2. The smallest absolute Gasteiger partial charge is 0.339 e. The molecule has 0 radical (unpaired) electrons. The molecule has 1 atom stereocenters. The number of rotatable bonds is 6. The van der Waals surface area contributed by atoms with Crippen LogP contribution in [0, 0.1) is 11.8 Å². The van der Waals surface area contributed by atoms with Gasteiger partial charge < -0.3 is 14.4 Å². The first-order chi connectivity index (χ1) is 19.8. The largest absolute Gasteiger partial charge is 0.439 e. The molecule has 1 saturated carbocycles. The molecule has 1 saturated heterocycles. The van der Waals surface area contributed by atoms with Crippen molar-refractivity contribution in [3.8, 4) is 22.8 Å². The van der Waals surface area contributed by atoms with Gasteiger partial charge in [-0.15, -0.1) is 6.58 Å². The third kappa shape index (κ3) is 5.38. The highest BCUT2D eigenvalue weighted by molar-refractivity contribution is 6.30. The van der Waals surface area contributed by atoms with Gasteiger partial charge in [-0.25, -0.2) is 14.8 Å². The van der Waals surface area contributed by atoms with E-state index >= 15 is 0 Å². The summed E-state index contributed by atoms with van der Waals surface area (Å²) in [6.45, 7) is 10.5. The number of H-pyrrole nitrogens is 1. The van der Waals surface area contributed by atoms with Crippen LogP contribution in [0.25, 0.3) is 33.8 Å². The molecule has 12 heteroatoms. The Hall–Kier alpha value is -3.99. The maximum Gasteiger partial charge on any atom is 0.439 e. The van der Waals surface area contributed by atoms with E-state index in [0.717, 1.165) is 42.3 Å². The number of carbonyl (C=O) groups is 1. The summed E-state index contributed by atoms with van der Waals surface area (Å²) in [6, 6.07) is 3.54. The van der Waals surface area contributed by atoms with Gasteiger partial charge in [-0.1, -0.05) is 42.6 Å². The molecule has 0 aromatic carbocycles. The second-order valence-electron chi connectivity index (χ2n) is 11.2. The fraction of sp³-hybridized carbons (Fsp3) is 0.448. The quantitative estimate of drug-likeness (QED) is 0.332. The van der Waals surface area contributed by atoms with Crippen LogP contribution in [0.15, 0.2) is 46.5 Å². The molecular formula is C29H33ClN8O3. The van der Waals surface area contributed by atoms with Gasteiger partial charge in [-0.2, -0.15) is 0 Å². The monoisotopic (exact) mass is 576 g/mol. The van der Waals surface area contributed by atoms with E-state index in [4.69, 9.17) is 26.1 Å². The highest BCUT2D eigenvalue weighted by Crippen LogP contribution is 2.37. The molecule has 1 N–H and O–H groups in total. The molecular weight excluding hydrogens is 544 g/mol. The molecule has 0 spiro atoms. The summed E-state index contributed by atoms with van der Waals surface area (Å²) in [7, 11) is 0. The first kappa shape index (κ1) is 27.2. The number of aromatic amines is 1. The third-order valence-electron chi connectivity index (χ3n) is 8.33. The van der Waals surface area contributed by atoms with Gasteiger partial charge in [-0.05, 0) is 36.8 Å². The van der Waals surface area contributed by atoms with E-state index in [1.165, 1.54) is 12.8 Å². The van der Waals surface area contributed by atoms with Crippen LogP contribution in [0.3, 0.4) is 0 Å². The van der Waals surface area contributed by atoms with Crippen LogP contribution in [-0.4, -0.2) is 66.1 Å². The molecule has 2 fully saturated rings. The number of halogens is 1. The number of fused-ring (bicyclic) bond motifs is 1. The standard InChI is InChI=1S/C29H33ClN8O3/c1-4-22-16-36(18(3)39)9-10-37(22)28-33-23-12-24(27-34-29(40)41-35-27)32-25(20-11-21(30)14-31-13-20)26(23)38(28)15-19-7-5-17(2)6-8-19/h4,11-14,17,19,22H,1,5-10,15-16H2,2-3H3,(H,34,35,40)/t17?,19?,22-/m1/s1. The minimum Gasteiger partial charge on any atom is -0.339 e. The number of imidazole rings is 1. The lowest BCUT2D eigenvalue weighted by Crippen LogP contribution is -2.54. The van der Waals surface area contributed by atoms with E-state index in [0.29, 0.717) is 47.5 Å². The number of nitrogens with zero attached hydrogens (tertiary/aromatic N) is 7. The van der Waals surface area contributed by atoms with Crippen molar-refractivity contribution in [3.05, 3.63) is 52.8 Å². The minimum absolute atomic E-state index is 0.0486. The number of nitrogens with one attached hydrogen (secondary N) is 1. The summed E-state index contributed by atoms with van der Waals surface area (Å²) in [5, 5.41) is 4.36. The normalized spacial score (nSPS) is 21.4. The van der Waals surface area contributed by atoms with Gasteiger partial charge in [0.25, 0.3) is 0 Å². The summed E-state index contributed by atoms with van der Waals surface area (Å²) < 4.78 is 7.05. The first-order valence-corrected chi connectivity index (χ1v) is 14.4. The van der Waals surface area contributed by atoms with Crippen LogP contribution in [0.2, 0.25) is 5.02 Å². The molecule has 6 rings (SSSR count). The molecule has 11 nitrogen and oxygen atoms in total. The summed E-state index contributed by atoms with van der Waals surface area (Å²) >= 11 is 6.38. The Morgan fingerprint density at radius 2 is 2.00 bits per heavy atom. The van der Waals surface area contributed by atoms with Gasteiger partial charge in [-0.3, -0.25) is 19.3 Å². The van der Waals surface area contributed by atoms with E-state index < -0.39 is 5.76 Å². The molecule has 5 heterocycles. The van der Waals surface area contributed by atoms with Crippen molar-refractivity contribution in [2.24, 2.45) is 11.8 Å². The van der Waals surface area contributed by atoms with Crippen molar-refractivity contribution in [2.75, 3.05) is 24.5 Å². The lowest BCUT2D eigenvalue weighted by atomic mass is 9.83. The van der Waals surface area contributed by atoms with E-state index in [1.807, 2.05) is 23.1 Å². The molecule has 4 aromatic heterocycles. The first-order valence-electron chi connectivity index (χ1n) is 14.0. The highest BCUT2D eigenvalue weighted by atomic mass is 35.5. The van der Waals surface area contributed by atoms with Gasteiger partial charge in [0.05, 0.1) is 27.8 Å². The molecule has 214 valence electrons. The van der Waals surface area contributed by atoms with E-state index in [1.54, 1.807) is 19.3 Å². The fourth-order valence-corrected chi connectivity index (χ4v) is 6.23. The number of aromatic nitrogens is 6. The van der Waals surface area contributed by atoms with Crippen LogP contribution < -0.4 is 10.7 Å². The Balaban J connectivity index is 1.56. The zero-order chi connectivity index (χ0) is 28.7. The lowest BCUT2D eigenvalue weighted by molar-refractivity contribution is -0.129. The van der Waals surface area contributed by atoms with Crippen LogP contribution in [-0.2, 0) is 11.3 Å². The van der Waals surface area contributed by atoms with Gasteiger partial charge in [0.1, 0.15) is 5.69 Å². The Morgan fingerprint density at radius 3 is 2.68 bits per heavy atom. The molecule has 0 bridgehead atoms. The Labute approximate surface area is 242 Å². The van der Waals surface area contributed by atoms with Crippen LogP contribution in [0.5, 0.6) is 0 Å². The molecule has 4 aromatic rings. The van der Waals surface area contributed by atoms with Gasteiger partial charge in [0, 0.05) is 51.1 Å². The molecule has 1 aliphatic carbocycles. The zero-order valence-corrected chi connectivity index (χ0v) is 24.0. The van der Waals surface area contributed by atoms with Crippen LogP contribution in [0.4, 0.5) is 5.95 Å². The number of hydrogen-bond donors (Lipinski definition) is 1. The van der Waals surface area contributed by atoms with Crippen LogP contribution in [0.1, 0.15) is 39.5 Å². The number of hydrogen-bond acceptors (Lipinski definition) is 8. The molecule has 2 aliphatic rings. The van der Waals surface area contributed by atoms with Crippen molar-refractivity contribution < 1.29 is 9.32 Å². The summed E-state index contributed by atoms with van der Waals surface area (Å²) in [6.07, 6.45) is 9.87. The summed E-state index contributed by atoms with van der Waals surface area (Å²) in [5.74, 6) is 1.62. The van der Waals surface area contributed by atoms with Crippen LogP contribution >= 0.6 is 11.6 Å². The lowest BCUT2D eigenvalue weighted by Gasteiger charge is -2.40. The SMILES string of the molecule is C=C[C@@H]1CN(C(C)=O)CCN1c1nc2cc(-c3noc(=O)[nH]3)nc(-c3cncc(Cl)c3)c2n1CC1CCC(C)CC1. The summed E-state index contributed by atoms with van der Waals surface area (Å²) in [5.41, 5.74) is 3.33. The number of amides is 1. The minimum atomic E-state index is -0.664. The molecule has 1 aliphatic heterocycles. The Bertz CT molecular complexity index is 1650. The predicted molar refractivity (Wildman–Crippen MR) is 157 cm³/mol. The van der Waals surface area contributed by atoms with Crippen molar-refractivity contribution in [1.29, 1.82) is 0 Å². The van der Waals surface area contributed by atoms with Gasteiger partial charge in [0.2, 0.25) is 17.7 Å². The van der Waals surface area contributed by atoms with Crippen molar-refractivity contribution >= 4 is 34.5 Å². The second kappa shape index (κ2) is 11.1. The maximum absolute atomic E-state index is 12.2. The average Bonchev–Trinajstić information content (AvgIpc) is 3.56. The number of piperazine rings is 1. The average molecular weight is 577 g/mol. The van der Waals surface area contributed by atoms with Gasteiger partial charge >= 0.3 is 5.76 Å². The number of pyridine rings is 2. The predicted octanol–water partition coefficient (Wildman–Crippen LogP) is 4.54. The second-order valence-corrected chi connectivity index (χ2v) is 11.6. The van der Waals surface area contributed by atoms with Crippen molar-refractivity contribution in [3.63, 3.8) is 0 Å². The maximum atomic E-state index is 12.2. The van der Waals surface area contributed by atoms with Gasteiger partial charge in [0.15, 0.2) is 0 Å². The fourth-order valence-electron chi connectivity index (χ4n) is 6.06. The third-order valence-corrected chi connectivity index (χ3v) is 8.54. The van der Waals surface area contributed by atoms with E-state index in [-0.39, 0.29) is 17.8 Å². The van der Waals surface area contributed by atoms with E-state index in [2.05, 4.69) is 38.1 Å². The summed E-state index contributed by atoms with van der Waals surface area (Å²) in [4.78, 5) is 45.1. The topological polar surface area (TPSA) is 126 Å². The molecule has 41 heavy (non-hydrogen) atoms.